The lowest BCUT2D eigenvalue weighted by molar-refractivity contribution is -0.547. The van der Waals surface area contributed by atoms with Crippen LogP contribution in [0.3, 0.4) is 0 Å². The van der Waals surface area contributed by atoms with Crippen molar-refractivity contribution in [1.82, 2.24) is 0 Å². The smallest absolute Gasteiger partial charge is 0.243 e. The van der Waals surface area contributed by atoms with E-state index >= 15 is 0 Å². The standard InChI is InChI=1S/C18H15O/c1-13-11-12-18(19-13)16-9-4-2-3-7-14(16)15-8-5-6-10-17(15)18/h2-12,16H,1H3/q+1. The Kier molecular flexibility index (Phi) is 2.08. The van der Waals surface area contributed by atoms with Gasteiger partial charge in [-0.2, -0.15) is 0 Å². The van der Waals surface area contributed by atoms with Gasteiger partial charge < -0.3 is 0 Å². The maximum absolute atomic E-state index is 6.25. The number of benzene rings is 1. The minimum atomic E-state index is -0.338. The topological polar surface area (TPSA) is 11.3 Å². The van der Waals surface area contributed by atoms with Crippen LogP contribution in [0.5, 0.6) is 0 Å². The summed E-state index contributed by atoms with van der Waals surface area (Å²) in [5.74, 6) is 1.25. The van der Waals surface area contributed by atoms with E-state index in [1.165, 1.54) is 16.7 Å². The van der Waals surface area contributed by atoms with Crippen LogP contribution < -0.4 is 0 Å². The van der Waals surface area contributed by atoms with E-state index in [0.717, 1.165) is 5.78 Å². The molecule has 0 saturated heterocycles. The van der Waals surface area contributed by atoms with Crippen molar-refractivity contribution >= 4 is 11.4 Å². The van der Waals surface area contributed by atoms with Gasteiger partial charge in [-0.3, -0.25) is 0 Å². The first kappa shape index (κ1) is 10.7. The molecule has 2 aliphatic carbocycles. The Morgan fingerprint density at radius 2 is 2.00 bits per heavy atom. The van der Waals surface area contributed by atoms with Crippen LogP contribution in [-0.4, -0.2) is 5.78 Å². The molecule has 19 heavy (non-hydrogen) atoms. The summed E-state index contributed by atoms with van der Waals surface area (Å²) >= 11 is 0. The summed E-state index contributed by atoms with van der Waals surface area (Å²) in [5.41, 5.74) is 3.59. The van der Waals surface area contributed by atoms with Crippen molar-refractivity contribution in [3.8, 4) is 0 Å². The van der Waals surface area contributed by atoms with Crippen LogP contribution >= 0.6 is 0 Å². The molecule has 1 heteroatoms. The van der Waals surface area contributed by atoms with E-state index in [9.17, 15) is 0 Å². The molecule has 2 atom stereocenters. The summed E-state index contributed by atoms with van der Waals surface area (Å²) in [6, 6.07) is 8.58. The third-order valence-electron chi connectivity index (χ3n) is 4.15. The largest absolute Gasteiger partial charge is 0.335 e. The first-order valence-electron chi connectivity index (χ1n) is 6.68. The Bertz CT molecular complexity index is 700. The molecule has 3 aliphatic rings. The highest BCUT2D eigenvalue weighted by molar-refractivity contribution is 5.91. The fourth-order valence-electron chi connectivity index (χ4n) is 3.37. The molecule has 2 unspecified atom stereocenters. The van der Waals surface area contributed by atoms with Crippen LogP contribution in [0.15, 0.2) is 66.8 Å². The Balaban J connectivity index is 2.05. The van der Waals surface area contributed by atoms with E-state index in [4.69, 9.17) is 4.42 Å². The Hall–Kier alpha value is -2.15. The minimum absolute atomic E-state index is 0.258. The summed E-state index contributed by atoms with van der Waals surface area (Å²) < 4.78 is 6.25. The molecular weight excluding hydrogens is 232 g/mol. The van der Waals surface area contributed by atoms with Gasteiger partial charge in [-0.15, -0.1) is 0 Å². The van der Waals surface area contributed by atoms with E-state index in [0.29, 0.717) is 0 Å². The molecule has 92 valence electrons. The summed E-state index contributed by atoms with van der Waals surface area (Å²) in [6.45, 7) is 2.02. The van der Waals surface area contributed by atoms with E-state index in [1.807, 2.05) is 6.92 Å². The summed E-state index contributed by atoms with van der Waals surface area (Å²) in [4.78, 5) is 0. The lowest BCUT2D eigenvalue weighted by Crippen LogP contribution is -2.27. The number of hydrogen-bond donors (Lipinski definition) is 0. The molecule has 0 bridgehead atoms. The van der Waals surface area contributed by atoms with Crippen molar-refractivity contribution in [3.05, 3.63) is 77.9 Å². The molecule has 1 spiro atoms. The molecule has 1 aliphatic heterocycles. The average Bonchev–Trinajstić information content (AvgIpc) is 2.81. The first-order chi connectivity index (χ1) is 9.31. The number of rotatable bonds is 0. The maximum atomic E-state index is 6.25. The van der Waals surface area contributed by atoms with Gasteiger partial charge in [-0.05, 0) is 17.2 Å². The van der Waals surface area contributed by atoms with Crippen molar-refractivity contribution < 1.29 is 4.42 Å². The third kappa shape index (κ3) is 1.33. The van der Waals surface area contributed by atoms with Gasteiger partial charge in [0.25, 0.3) is 0 Å². The number of fused-ring (bicyclic) bond motifs is 5. The van der Waals surface area contributed by atoms with Gasteiger partial charge in [0.05, 0.1) is 12.5 Å². The lowest BCUT2D eigenvalue weighted by atomic mass is 9.85. The number of ketones is 1. The Labute approximate surface area is 113 Å². The highest BCUT2D eigenvalue weighted by Gasteiger charge is 2.58. The van der Waals surface area contributed by atoms with Gasteiger partial charge in [0, 0.05) is 12.2 Å². The zero-order valence-electron chi connectivity index (χ0n) is 10.8. The van der Waals surface area contributed by atoms with E-state index in [1.54, 1.807) is 0 Å². The molecule has 0 fully saturated rings. The molecule has 1 aromatic rings. The van der Waals surface area contributed by atoms with Crippen molar-refractivity contribution in [3.63, 3.8) is 0 Å². The highest BCUT2D eigenvalue weighted by Crippen LogP contribution is 2.52. The summed E-state index contributed by atoms with van der Waals surface area (Å²) in [7, 11) is 0. The van der Waals surface area contributed by atoms with Gasteiger partial charge >= 0.3 is 11.4 Å². The van der Waals surface area contributed by atoms with Crippen molar-refractivity contribution in [2.24, 2.45) is 5.92 Å². The maximum Gasteiger partial charge on any atom is 0.335 e. The Morgan fingerprint density at radius 1 is 1.11 bits per heavy atom. The molecule has 0 saturated carbocycles. The van der Waals surface area contributed by atoms with Crippen molar-refractivity contribution in [2.75, 3.05) is 0 Å². The molecule has 4 rings (SSSR count). The second-order valence-electron chi connectivity index (χ2n) is 5.25. The fraction of sp³-hybridized carbons (Fsp3) is 0.167. The monoisotopic (exact) mass is 247 g/mol. The molecule has 0 amide bonds. The molecular formula is C18H15O+. The summed E-state index contributed by atoms with van der Waals surface area (Å²) in [5, 5.41) is 0. The van der Waals surface area contributed by atoms with E-state index in [2.05, 4.69) is 66.8 Å². The zero-order valence-corrected chi connectivity index (χ0v) is 10.8. The predicted octanol–water partition coefficient (Wildman–Crippen LogP) is 3.72. The van der Waals surface area contributed by atoms with Crippen LogP contribution in [-0.2, 0) is 10.0 Å². The molecule has 1 aromatic carbocycles. The lowest BCUT2D eigenvalue weighted by Gasteiger charge is -2.15. The second-order valence-corrected chi connectivity index (χ2v) is 5.25. The van der Waals surface area contributed by atoms with Gasteiger partial charge in [-0.1, -0.05) is 48.6 Å². The molecule has 1 nitrogen and oxygen atoms in total. The van der Waals surface area contributed by atoms with Gasteiger partial charge in [0.1, 0.15) is 5.92 Å². The average molecular weight is 247 g/mol. The number of allylic oxidation sites excluding steroid dienone is 5. The quantitative estimate of drug-likeness (QED) is 0.619. The van der Waals surface area contributed by atoms with E-state index < -0.39 is 0 Å². The van der Waals surface area contributed by atoms with Gasteiger partial charge in [0.2, 0.25) is 0 Å². The van der Waals surface area contributed by atoms with Crippen molar-refractivity contribution in [1.29, 1.82) is 0 Å². The number of hydrogen-bond acceptors (Lipinski definition) is 0. The minimum Gasteiger partial charge on any atom is -0.243 e. The van der Waals surface area contributed by atoms with Crippen LogP contribution in [0.4, 0.5) is 0 Å². The van der Waals surface area contributed by atoms with Crippen LogP contribution in [0, 0.1) is 5.92 Å². The van der Waals surface area contributed by atoms with Gasteiger partial charge in [-0.25, -0.2) is 4.42 Å². The van der Waals surface area contributed by atoms with Gasteiger partial charge in [0.15, 0.2) is 0 Å². The highest BCUT2D eigenvalue weighted by atomic mass is 16.4. The first-order valence-corrected chi connectivity index (χ1v) is 6.68. The summed E-state index contributed by atoms with van der Waals surface area (Å²) in [6.07, 6.45) is 15.1. The third-order valence-corrected chi connectivity index (χ3v) is 4.15. The van der Waals surface area contributed by atoms with Crippen molar-refractivity contribution in [2.45, 2.75) is 12.5 Å². The molecule has 0 aromatic heterocycles. The zero-order chi connectivity index (χ0) is 12.9. The van der Waals surface area contributed by atoms with Crippen LogP contribution in [0.25, 0.3) is 5.57 Å². The van der Waals surface area contributed by atoms with Crippen LogP contribution in [0.1, 0.15) is 18.1 Å². The number of carbonyl (C=O) groups excluding carboxylic acids is 1. The fourth-order valence-corrected chi connectivity index (χ4v) is 3.37. The second kappa shape index (κ2) is 3.67. The molecule has 0 radical (unpaired) electrons. The van der Waals surface area contributed by atoms with E-state index in [-0.39, 0.29) is 11.5 Å². The normalized spacial score (nSPS) is 30.1. The molecule has 0 N–H and O–H groups in total. The molecule has 1 heterocycles. The Morgan fingerprint density at radius 3 is 2.84 bits per heavy atom. The predicted molar refractivity (Wildman–Crippen MR) is 77.7 cm³/mol. The SMILES string of the molecule is CC1=[O+]C2(C=C1)c1ccccc1C1=CC=CC=CC12. The van der Waals surface area contributed by atoms with Crippen LogP contribution in [0.2, 0.25) is 0 Å².